The molecule has 174 valence electrons. The highest BCUT2D eigenvalue weighted by atomic mass is 79.9. The minimum atomic E-state index is -0.583. The summed E-state index contributed by atoms with van der Waals surface area (Å²) in [5, 5.41) is 22.5. The minimum Gasteiger partial charge on any atom is -0.508 e. The first kappa shape index (κ1) is 25.4. The summed E-state index contributed by atoms with van der Waals surface area (Å²) < 4.78 is 12.3. The van der Waals surface area contributed by atoms with E-state index in [1.165, 1.54) is 30.3 Å². The molecule has 0 unspecified atom stereocenters. The molecule has 0 bridgehead atoms. The van der Waals surface area contributed by atoms with Gasteiger partial charge in [-0.05, 0) is 83.0 Å². The van der Waals surface area contributed by atoms with Crippen molar-refractivity contribution in [2.24, 2.45) is 0 Å². The van der Waals surface area contributed by atoms with Gasteiger partial charge in [0, 0.05) is 21.3 Å². The molecule has 9 heteroatoms. The van der Waals surface area contributed by atoms with Gasteiger partial charge in [-0.1, -0.05) is 29.3 Å². The number of ether oxygens (including phenoxy) is 2. The number of anilines is 1. The Balaban J connectivity index is 1.85. The number of nitrogens with one attached hydrogen (secondary N) is 1. The molecular formula is C25H19BrCl2N2O4. The lowest BCUT2D eigenvalue weighted by Crippen LogP contribution is -2.13. The quantitative estimate of drug-likeness (QED) is 0.176. The average Bonchev–Trinajstić information content (AvgIpc) is 2.79. The monoisotopic (exact) mass is 560 g/mol. The minimum absolute atomic E-state index is 0.0722. The molecule has 0 aliphatic rings. The van der Waals surface area contributed by atoms with Gasteiger partial charge in [0.25, 0.3) is 5.91 Å². The van der Waals surface area contributed by atoms with Crippen LogP contribution in [0.1, 0.15) is 18.1 Å². The van der Waals surface area contributed by atoms with Crippen LogP contribution in [-0.4, -0.2) is 17.6 Å². The van der Waals surface area contributed by atoms with E-state index in [-0.39, 0.29) is 17.9 Å². The number of halogens is 3. The maximum Gasteiger partial charge on any atom is 0.266 e. The first-order chi connectivity index (χ1) is 16.3. The number of aromatic hydroxyl groups is 1. The number of phenolic OH excluding ortho intramolecular Hbond substituents is 1. The number of phenols is 1. The number of benzene rings is 3. The molecule has 0 saturated carbocycles. The Labute approximate surface area is 215 Å². The van der Waals surface area contributed by atoms with Crippen LogP contribution in [0, 0.1) is 11.3 Å². The van der Waals surface area contributed by atoms with Gasteiger partial charge in [-0.15, -0.1) is 0 Å². The van der Waals surface area contributed by atoms with E-state index in [0.29, 0.717) is 43.9 Å². The van der Waals surface area contributed by atoms with Gasteiger partial charge in [0.2, 0.25) is 0 Å². The van der Waals surface area contributed by atoms with E-state index in [1.54, 1.807) is 30.3 Å². The molecule has 0 fully saturated rings. The zero-order chi connectivity index (χ0) is 24.7. The second-order valence-corrected chi connectivity index (χ2v) is 8.66. The van der Waals surface area contributed by atoms with Crippen molar-refractivity contribution < 1.29 is 19.4 Å². The van der Waals surface area contributed by atoms with E-state index >= 15 is 0 Å². The lowest BCUT2D eigenvalue weighted by molar-refractivity contribution is -0.112. The molecule has 0 aliphatic heterocycles. The Morgan fingerprint density at radius 3 is 2.53 bits per heavy atom. The summed E-state index contributed by atoms with van der Waals surface area (Å²) in [6.45, 7) is 2.40. The molecule has 3 rings (SSSR count). The number of nitrogens with zero attached hydrogens (tertiary/aromatic N) is 1. The fourth-order valence-electron chi connectivity index (χ4n) is 2.92. The van der Waals surface area contributed by atoms with Gasteiger partial charge < -0.3 is 19.9 Å². The Hall–Kier alpha value is -3.18. The SMILES string of the molecule is CCOc1cc(/C=C(/C#N)C(=O)Nc2ccc(O)cc2)cc(Br)c1OCc1ccc(Cl)cc1Cl. The van der Waals surface area contributed by atoms with Gasteiger partial charge in [0.05, 0.1) is 11.1 Å². The fourth-order valence-corrected chi connectivity index (χ4v) is 3.96. The summed E-state index contributed by atoms with van der Waals surface area (Å²) in [5.74, 6) is 0.379. The summed E-state index contributed by atoms with van der Waals surface area (Å²) in [6.07, 6.45) is 1.45. The molecule has 6 nitrogen and oxygen atoms in total. The molecule has 0 heterocycles. The number of hydrogen-bond acceptors (Lipinski definition) is 5. The van der Waals surface area contributed by atoms with E-state index in [4.69, 9.17) is 32.7 Å². The van der Waals surface area contributed by atoms with Crippen LogP contribution in [0.2, 0.25) is 10.0 Å². The maximum atomic E-state index is 12.6. The highest BCUT2D eigenvalue weighted by Gasteiger charge is 2.15. The van der Waals surface area contributed by atoms with Gasteiger partial charge in [0.1, 0.15) is 24.0 Å². The Morgan fingerprint density at radius 1 is 1.15 bits per heavy atom. The van der Waals surface area contributed by atoms with Crippen LogP contribution < -0.4 is 14.8 Å². The van der Waals surface area contributed by atoms with Gasteiger partial charge in [-0.25, -0.2) is 0 Å². The van der Waals surface area contributed by atoms with Crippen molar-refractivity contribution in [1.82, 2.24) is 0 Å². The topological polar surface area (TPSA) is 91.6 Å². The fraction of sp³-hybridized carbons (Fsp3) is 0.120. The van der Waals surface area contributed by atoms with Gasteiger partial charge in [-0.2, -0.15) is 5.26 Å². The molecule has 0 spiro atoms. The first-order valence-corrected chi connectivity index (χ1v) is 11.6. The van der Waals surface area contributed by atoms with E-state index in [2.05, 4.69) is 21.2 Å². The molecule has 0 aromatic heterocycles. The number of nitriles is 1. The number of rotatable bonds is 8. The second kappa shape index (κ2) is 11.8. The van der Waals surface area contributed by atoms with Crippen LogP contribution in [0.5, 0.6) is 17.2 Å². The largest absolute Gasteiger partial charge is 0.508 e. The number of carbonyl (C=O) groups excluding carboxylic acids is 1. The average molecular weight is 562 g/mol. The number of carbonyl (C=O) groups is 1. The normalized spacial score (nSPS) is 11.0. The van der Waals surface area contributed by atoms with Gasteiger partial charge in [-0.3, -0.25) is 4.79 Å². The van der Waals surface area contributed by atoms with E-state index in [9.17, 15) is 15.2 Å². The molecule has 3 aromatic carbocycles. The number of amides is 1. The third-order valence-corrected chi connectivity index (χ3v) is 5.70. The van der Waals surface area contributed by atoms with Crippen molar-refractivity contribution in [1.29, 1.82) is 5.26 Å². The molecular weight excluding hydrogens is 543 g/mol. The zero-order valence-corrected chi connectivity index (χ0v) is 21.0. The van der Waals surface area contributed by atoms with Crippen molar-refractivity contribution >= 4 is 56.8 Å². The zero-order valence-electron chi connectivity index (χ0n) is 17.9. The van der Waals surface area contributed by atoms with Crippen LogP contribution in [0.3, 0.4) is 0 Å². The predicted octanol–water partition coefficient (Wildman–Crippen LogP) is 6.98. The van der Waals surface area contributed by atoms with Gasteiger partial charge in [0.15, 0.2) is 11.5 Å². The lowest BCUT2D eigenvalue weighted by Gasteiger charge is -2.15. The lowest BCUT2D eigenvalue weighted by atomic mass is 10.1. The third-order valence-electron chi connectivity index (χ3n) is 4.52. The second-order valence-electron chi connectivity index (χ2n) is 6.96. The third kappa shape index (κ3) is 6.67. The van der Waals surface area contributed by atoms with E-state index in [1.807, 2.05) is 13.0 Å². The summed E-state index contributed by atoms with van der Waals surface area (Å²) in [4.78, 5) is 12.6. The molecule has 1 amide bonds. The Kier molecular flexibility index (Phi) is 8.83. The highest BCUT2D eigenvalue weighted by Crippen LogP contribution is 2.38. The maximum absolute atomic E-state index is 12.6. The first-order valence-electron chi connectivity index (χ1n) is 10.1. The molecule has 0 atom stereocenters. The van der Waals surface area contributed by atoms with Crippen molar-refractivity contribution in [3.8, 4) is 23.3 Å². The molecule has 0 radical (unpaired) electrons. The Morgan fingerprint density at radius 2 is 1.88 bits per heavy atom. The van der Waals surface area contributed by atoms with Crippen LogP contribution >= 0.6 is 39.1 Å². The Bertz CT molecular complexity index is 1270. The standard InChI is InChI=1S/C25H19BrCl2N2O4/c1-2-33-23-11-15(9-17(13-29)25(32)30-19-5-7-20(31)8-6-19)10-21(26)24(23)34-14-16-3-4-18(27)12-22(16)28/h3-12,31H,2,14H2,1H3,(H,30,32)/b17-9-. The highest BCUT2D eigenvalue weighted by molar-refractivity contribution is 9.10. The van der Waals surface area contributed by atoms with Crippen molar-refractivity contribution in [3.05, 3.63) is 85.8 Å². The summed E-state index contributed by atoms with van der Waals surface area (Å²) in [7, 11) is 0. The van der Waals surface area contributed by atoms with Crippen LogP contribution in [0.25, 0.3) is 6.08 Å². The molecule has 0 aliphatic carbocycles. The van der Waals surface area contributed by atoms with Gasteiger partial charge >= 0.3 is 0 Å². The number of hydrogen-bond donors (Lipinski definition) is 2. The summed E-state index contributed by atoms with van der Waals surface area (Å²) in [6, 6.07) is 16.4. The summed E-state index contributed by atoms with van der Waals surface area (Å²) >= 11 is 15.7. The van der Waals surface area contributed by atoms with Crippen LogP contribution in [-0.2, 0) is 11.4 Å². The van der Waals surface area contributed by atoms with E-state index in [0.717, 1.165) is 5.56 Å². The molecule has 3 aromatic rings. The smallest absolute Gasteiger partial charge is 0.266 e. The molecule has 0 saturated heterocycles. The molecule has 34 heavy (non-hydrogen) atoms. The summed E-state index contributed by atoms with van der Waals surface area (Å²) in [5.41, 5.74) is 1.65. The van der Waals surface area contributed by atoms with Crippen LogP contribution in [0.4, 0.5) is 5.69 Å². The molecule has 2 N–H and O–H groups in total. The predicted molar refractivity (Wildman–Crippen MR) is 136 cm³/mol. The van der Waals surface area contributed by atoms with Crippen molar-refractivity contribution in [2.45, 2.75) is 13.5 Å². The van der Waals surface area contributed by atoms with Crippen LogP contribution in [0.15, 0.2) is 64.6 Å². The van der Waals surface area contributed by atoms with Crippen molar-refractivity contribution in [2.75, 3.05) is 11.9 Å². The van der Waals surface area contributed by atoms with E-state index < -0.39 is 5.91 Å². The van der Waals surface area contributed by atoms with Crippen molar-refractivity contribution in [3.63, 3.8) is 0 Å².